The molecule has 4 aromatic rings. The number of esters is 1. The van der Waals surface area contributed by atoms with Crippen molar-refractivity contribution < 1.29 is 14.3 Å². The van der Waals surface area contributed by atoms with Crippen molar-refractivity contribution in [2.24, 2.45) is 0 Å². The number of nitrogens with one attached hydrogen (secondary N) is 1. The molecule has 144 valence electrons. The summed E-state index contributed by atoms with van der Waals surface area (Å²) in [6.45, 7) is 3.43. The van der Waals surface area contributed by atoms with Gasteiger partial charge in [0.15, 0.2) is 6.10 Å². The van der Waals surface area contributed by atoms with E-state index in [-0.39, 0.29) is 5.78 Å². The number of Topliss-reactive ketones (excluding diaryl/α,β-unsaturated/α-hetero) is 1. The highest BCUT2D eigenvalue weighted by molar-refractivity contribution is 6.11. The maximum atomic E-state index is 12.9. The molecule has 0 bridgehead atoms. The van der Waals surface area contributed by atoms with Crippen LogP contribution in [0.4, 0.5) is 0 Å². The summed E-state index contributed by atoms with van der Waals surface area (Å²) >= 11 is 0. The third-order valence-corrected chi connectivity index (χ3v) is 4.81. The van der Waals surface area contributed by atoms with E-state index < -0.39 is 12.1 Å². The smallest absolute Gasteiger partial charge is 0.331 e. The molecule has 4 rings (SSSR count). The number of nitrogens with zero attached hydrogens (tertiary/aromatic N) is 1. The number of carbonyl (C=O) groups excluding carboxylic acids is 2. The molecular weight excluding hydrogens is 364 g/mol. The van der Waals surface area contributed by atoms with Crippen LogP contribution in [0.1, 0.15) is 28.7 Å². The van der Waals surface area contributed by atoms with Crippen LogP contribution in [0.3, 0.4) is 0 Å². The minimum atomic E-state index is -0.894. The number of ether oxygens (including phenoxy) is 1. The van der Waals surface area contributed by atoms with Gasteiger partial charge in [-0.2, -0.15) is 0 Å². The van der Waals surface area contributed by atoms with Crippen molar-refractivity contribution in [3.63, 3.8) is 0 Å². The Morgan fingerprint density at radius 3 is 2.66 bits per heavy atom. The van der Waals surface area contributed by atoms with Gasteiger partial charge in [-0.25, -0.2) is 9.78 Å². The Bertz CT molecular complexity index is 1250. The Labute approximate surface area is 168 Å². The van der Waals surface area contributed by atoms with Crippen molar-refractivity contribution >= 4 is 39.6 Å². The molecule has 5 nitrogen and oxygen atoms in total. The summed E-state index contributed by atoms with van der Waals surface area (Å²) in [4.78, 5) is 32.8. The van der Waals surface area contributed by atoms with Gasteiger partial charge in [-0.05, 0) is 38.1 Å². The van der Waals surface area contributed by atoms with Gasteiger partial charge in [-0.15, -0.1) is 0 Å². The number of benzene rings is 2. The molecule has 1 atom stereocenters. The lowest BCUT2D eigenvalue weighted by Gasteiger charge is -2.11. The average Bonchev–Trinajstić information content (AvgIpc) is 3.07. The SMILES string of the molecule is Cc1[nH]c2ccccc2c1C(=O)C(C)OC(=O)C=Cc1ccc2ccccc2n1. The van der Waals surface area contributed by atoms with Gasteiger partial charge in [-0.3, -0.25) is 4.79 Å². The number of hydrogen-bond donors (Lipinski definition) is 1. The molecular formula is C24H20N2O3. The molecule has 1 N–H and O–H groups in total. The number of aryl methyl sites for hydroxylation is 1. The Balaban J connectivity index is 1.47. The summed E-state index contributed by atoms with van der Waals surface area (Å²) in [5, 5.41) is 1.86. The molecule has 0 spiro atoms. The molecule has 1 unspecified atom stereocenters. The van der Waals surface area contributed by atoms with E-state index >= 15 is 0 Å². The number of carbonyl (C=O) groups is 2. The fourth-order valence-electron chi connectivity index (χ4n) is 3.39. The molecule has 2 aromatic heterocycles. The zero-order valence-corrected chi connectivity index (χ0v) is 16.2. The Kier molecular flexibility index (Phi) is 4.96. The second kappa shape index (κ2) is 7.72. The van der Waals surface area contributed by atoms with Gasteiger partial charge < -0.3 is 9.72 Å². The number of pyridine rings is 1. The van der Waals surface area contributed by atoms with Crippen molar-refractivity contribution in [3.05, 3.63) is 83.7 Å². The number of fused-ring (bicyclic) bond motifs is 2. The van der Waals surface area contributed by atoms with E-state index in [0.29, 0.717) is 11.3 Å². The number of aromatic amines is 1. The standard InChI is InChI=1S/C24H20N2O3/c1-15-23(19-8-4-6-10-21(19)25-15)24(28)16(2)29-22(27)14-13-18-12-11-17-7-3-5-9-20(17)26-18/h3-14,16,25H,1-2H3. The van der Waals surface area contributed by atoms with Crippen LogP contribution in [0.15, 0.2) is 66.7 Å². The summed E-state index contributed by atoms with van der Waals surface area (Å²) in [6, 6.07) is 19.1. The quantitative estimate of drug-likeness (QED) is 0.303. The predicted molar refractivity (Wildman–Crippen MR) is 114 cm³/mol. The molecule has 0 aliphatic heterocycles. The summed E-state index contributed by atoms with van der Waals surface area (Å²) in [7, 11) is 0. The van der Waals surface area contributed by atoms with Crippen molar-refractivity contribution in [3.8, 4) is 0 Å². The average molecular weight is 384 g/mol. The van der Waals surface area contributed by atoms with E-state index in [1.807, 2.05) is 67.6 Å². The molecule has 0 radical (unpaired) electrons. The van der Waals surface area contributed by atoms with Gasteiger partial charge in [0.05, 0.1) is 11.2 Å². The monoisotopic (exact) mass is 384 g/mol. The van der Waals surface area contributed by atoms with Gasteiger partial charge in [-0.1, -0.05) is 42.5 Å². The van der Waals surface area contributed by atoms with Gasteiger partial charge in [0.1, 0.15) is 0 Å². The highest BCUT2D eigenvalue weighted by Gasteiger charge is 2.23. The van der Waals surface area contributed by atoms with Gasteiger partial charge in [0.2, 0.25) is 5.78 Å². The zero-order chi connectivity index (χ0) is 20.4. The van der Waals surface area contributed by atoms with Crippen LogP contribution in [0, 0.1) is 6.92 Å². The lowest BCUT2D eigenvalue weighted by Crippen LogP contribution is -2.24. The fraction of sp³-hybridized carbons (Fsp3) is 0.125. The molecule has 0 aliphatic carbocycles. The number of aromatic nitrogens is 2. The number of H-pyrrole nitrogens is 1. The Hall–Kier alpha value is -3.73. The highest BCUT2D eigenvalue weighted by atomic mass is 16.5. The second-order valence-corrected chi connectivity index (χ2v) is 6.88. The normalized spacial score (nSPS) is 12.5. The first-order valence-corrected chi connectivity index (χ1v) is 9.39. The summed E-state index contributed by atoms with van der Waals surface area (Å²) < 4.78 is 5.33. The van der Waals surface area contributed by atoms with E-state index in [9.17, 15) is 9.59 Å². The van der Waals surface area contributed by atoms with Gasteiger partial charge in [0, 0.05) is 33.6 Å². The Morgan fingerprint density at radius 2 is 1.79 bits per heavy atom. The first-order chi connectivity index (χ1) is 14.0. The topological polar surface area (TPSA) is 72.1 Å². The third-order valence-electron chi connectivity index (χ3n) is 4.81. The third kappa shape index (κ3) is 3.80. The summed E-state index contributed by atoms with van der Waals surface area (Å²) in [5.74, 6) is -0.816. The number of ketones is 1. The van der Waals surface area contributed by atoms with E-state index in [0.717, 1.165) is 27.5 Å². The van der Waals surface area contributed by atoms with Crippen LogP contribution in [0.5, 0.6) is 0 Å². The lowest BCUT2D eigenvalue weighted by atomic mass is 10.0. The minimum absolute atomic E-state index is 0.231. The maximum absolute atomic E-state index is 12.9. The van der Waals surface area contributed by atoms with E-state index in [1.54, 1.807) is 13.0 Å². The van der Waals surface area contributed by atoms with Crippen LogP contribution in [-0.4, -0.2) is 27.8 Å². The molecule has 0 amide bonds. The largest absolute Gasteiger partial charge is 0.451 e. The van der Waals surface area contributed by atoms with E-state index in [2.05, 4.69) is 9.97 Å². The van der Waals surface area contributed by atoms with Crippen LogP contribution in [0.2, 0.25) is 0 Å². The fourth-order valence-corrected chi connectivity index (χ4v) is 3.39. The van der Waals surface area contributed by atoms with Crippen molar-refractivity contribution in [1.29, 1.82) is 0 Å². The molecule has 0 saturated heterocycles. The van der Waals surface area contributed by atoms with E-state index in [4.69, 9.17) is 4.74 Å². The van der Waals surface area contributed by atoms with Gasteiger partial charge >= 0.3 is 5.97 Å². The van der Waals surface area contributed by atoms with Crippen molar-refractivity contribution in [2.75, 3.05) is 0 Å². The molecule has 0 fully saturated rings. The van der Waals surface area contributed by atoms with Gasteiger partial charge in [0.25, 0.3) is 0 Å². The summed E-state index contributed by atoms with van der Waals surface area (Å²) in [6.07, 6.45) is 1.99. The van der Waals surface area contributed by atoms with E-state index in [1.165, 1.54) is 6.08 Å². The first-order valence-electron chi connectivity index (χ1n) is 9.39. The molecule has 2 heterocycles. The zero-order valence-electron chi connectivity index (χ0n) is 16.2. The minimum Gasteiger partial charge on any atom is -0.451 e. The Morgan fingerprint density at radius 1 is 1.03 bits per heavy atom. The maximum Gasteiger partial charge on any atom is 0.331 e. The van der Waals surface area contributed by atoms with Crippen LogP contribution < -0.4 is 0 Å². The van der Waals surface area contributed by atoms with Crippen molar-refractivity contribution in [2.45, 2.75) is 20.0 Å². The molecule has 5 heteroatoms. The number of para-hydroxylation sites is 2. The predicted octanol–water partition coefficient (Wildman–Crippen LogP) is 4.85. The van der Waals surface area contributed by atoms with Crippen LogP contribution in [-0.2, 0) is 9.53 Å². The van der Waals surface area contributed by atoms with Crippen LogP contribution >= 0.6 is 0 Å². The van der Waals surface area contributed by atoms with Crippen LogP contribution in [0.25, 0.3) is 27.9 Å². The number of hydrogen-bond acceptors (Lipinski definition) is 4. The molecule has 2 aromatic carbocycles. The molecule has 0 saturated carbocycles. The first kappa shape index (κ1) is 18.6. The molecule has 0 aliphatic rings. The number of rotatable bonds is 5. The molecule has 29 heavy (non-hydrogen) atoms. The van der Waals surface area contributed by atoms with Crippen molar-refractivity contribution in [1.82, 2.24) is 9.97 Å². The summed E-state index contributed by atoms with van der Waals surface area (Å²) in [5.41, 5.74) is 3.69. The lowest BCUT2D eigenvalue weighted by molar-refractivity contribution is -0.140. The second-order valence-electron chi connectivity index (χ2n) is 6.88. The highest BCUT2D eigenvalue weighted by Crippen LogP contribution is 2.24.